The van der Waals surface area contributed by atoms with E-state index in [1.807, 2.05) is 0 Å². The van der Waals surface area contributed by atoms with Crippen molar-refractivity contribution in [2.24, 2.45) is 0 Å². The molecule has 0 heterocycles. The van der Waals surface area contributed by atoms with Crippen LogP contribution in [0.4, 0.5) is 13.2 Å². The lowest BCUT2D eigenvalue weighted by atomic mass is 10.2. The maximum Gasteiger partial charge on any atom is 0.246 e. The Balaban J connectivity index is 3.95. The van der Waals surface area contributed by atoms with Crippen molar-refractivity contribution in [2.75, 3.05) is 39.3 Å². The molecule has 0 aliphatic carbocycles. The van der Waals surface area contributed by atoms with Gasteiger partial charge in [-0.2, -0.15) is 0 Å². The minimum absolute atomic E-state index is 0.0761. The standard InChI is InChI=1S/C24H41F3N6O8/c1-16(34)29-13-19(26)9-12-33(41)24(39)6-5-23(38)30-14-18(25)7-10-28-21(36)3-4-22(37)31-15-20(27)8-11-32(40)17(2)35/h18-20,40-41H,3-15H2,1-2H3,(H,28,36)(H,29,34)(H,30,38)(H,31,37). The number of nitrogens with one attached hydrogen (secondary N) is 4. The molecule has 0 radical (unpaired) electrons. The second kappa shape index (κ2) is 21.3. The summed E-state index contributed by atoms with van der Waals surface area (Å²) < 4.78 is 41.3. The van der Waals surface area contributed by atoms with Gasteiger partial charge in [0.05, 0.1) is 13.1 Å². The van der Waals surface area contributed by atoms with Gasteiger partial charge in [-0.15, -0.1) is 0 Å². The SMILES string of the molecule is CC(=O)NCC(F)CCN(O)C(=O)CCC(=O)NCC(F)CCNC(=O)CCC(=O)NCC(F)CCN(O)C(C)=O. The van der Waals surface area contributed by atoms with E-state index in [1.54, 1.807) is 0 Å². The zero-order valence-electron chi connectivity index (χ0n) is 23.3. The second-order valence-corrected chi connectivity index (χ2v) is 9.21. The molecule has 0 aromatic rings. The molecule has 0 aromatic heterocycles. The van der Waals surface area contributed by atoms with E-state index in [9.17, 15) is 52.4 Å². The Hall–Kier alpha value is -3.47. The van der Waals surface area contributed by atoms with Crippen molar-refractivity contribution in [1.82, 2.24) is 31.4 Å². The van der Waals surface area contributed by atoms with E-state index in [4.69, 9.17) is 0 Å². The number of alkyl halides is 3. The van der Waals surface area contributed by atoms with Crippen LogP contribution in [0, 0.1) is 0 Å². The largest absolute Gasteiger partial charge is 0.356 e. The molecule has 3 atom stereocenters. The van der Waals surface area contributed by atoms with Crippen molar-refractivity contribution >= 4 is 35.4 Å². The first-order valence-corrected chi connectivity index (χ1v) is 13.1. The summed E-state index contributed by atoms with van der Waals surface area (Å²) in [6.45, 7) is 0.691. The van der Waals surface area contributed by atoms with Crippen LogP contribution in [0.3, 0.4) is 0 Å². The highest BCUT2D eigenvalue weighted by Gasteiger charge is 2.17. The summed E-state index contributed by atoms with van der Waals surface area (Å²) in [6.07, 6.45) is -6.23. The first-order valence-electron chi connectivity index (χ1n) is 13.1. The van der Waals surface area contributed by atoms with Gasteiger partial charge in [0, 0.05) is 78.6 Å². The molecule has 6 amide bonds. The van der Waals surface area contributed by atoms with Gasteiger partial charge in [0.25, 0.3) is 0 Å². The highest BCUT2D eigenvalue weighted by molar-refractivity contribution is 5.84. The molecule has 6 N–H and O–H groups in total. The van der Waals surface area contributed by atoms with Gasteiger partial charge in [-0.25, -0.2) is 23.3 Å². The normalized spacial score (nSPS) is 12.9. The molecule has 0 saturated carbocycles. The Kier molecular flexibility index (Phi) is 19.5. The van der Waals surface area contributed by atoms with Crippen LogP contribution in [0.2, 0.25) is 0 Å². The first kappa shape index (κ1) is 37.5. The fourth-order valence-corrected chi connectivity index (χ4v) is 3.03. The van der Waals surface area contributed by atoms with Gasteiger partial charge >= 0.3 is 0 Å². The van der Waals surface area contributed by atoms with Crippen LogP contribution in [0.15, 0.2) is 0 Å². The Morgan fingerprint density at radius 2 is 1.02 bits per heavy atom. The number of rotatable bonds is 21. The summed E-state index contributed by atoms with van der Waals surface area (Å²) in [7, 11) is 0. The molecule has 41 heavy (non-hydrogen) atoms. The van der Waals surface area contributed by atoms with E-state index in [0.29, 0.717) is 5.06 Å². The molecular weight excluding hydrogens is 557 g/mol. The van der Waals surface area contributed by atoms with Gasteiger partial charge in [0.1, 0.15) is 18.5 Å². The Morgan fingerprint density at radius 1 is 0.610 bits per heavy atom. The van der Waals surface area contributed by atoms with Crippen LogP contribution < -0.4 is 21.3 Å². The number of carbonyl (C=O) groups is 6. The molecule has 0 aromatic carbocycles. The fourth-order valence-electron chi connectivity index (χ4n) is 3.03. The third-order valence-corrected chi connectivity index (χ3v) is 5.50. The molecule has 0 bridgehead atoms. The second-order valence-electron chi connectivity index (χ2n) is 9.21. The number of hydrogen-bond donors (Lipinski definition) is 6. The van der Waals surface area contributed by atoms with Crippen molar-refractivity contribution in [3.05, 3.63) is 0 Å². The molecule has 0 spiro atoms. The summed E-state index contributed by atoms with van der Waals surface area (Å²) in [4.78, 5) is 68.8. The molecule has 0 saturated heterocycles. The van der Waals surface area contributed by atoms with E-state index in [2.05, 4.69) is 21.3 Å². The van der Waals surface area contributed by atoms with Crippen molar-refractivity contribution < 1.29 is 52.4 Å². The van der Waals surface area contributed by atoms with Gasteiger partial charge in [-0.1, -0.05) is 0 Å². The molecule has 14 nitrogen and oxygen atoms in total. The van der Waals surface area contributed by atoms with Crippen LogP contribution in [0.1, 0.15) is 58.8 Å². The Labute approximate surface area is 236 Å². The molecule has 17 heteroatoms. The lowest BCUT2D eigenvalue weighted by molar-refractivity contribution is -0.166. The summed E-state index contributed by atoms with van der Waals surface area (Å²) in [5.74, 6) is -3.65. The number of hydrogen-bond acceptors (Lipinski definition) is 8. The van der Waals surface area contributed by atoms with Crippen molar-refractivity contribution in [3.63, 3.8) is 0 Å². The summed E-state index contributed by atoms with van der Waals surface area (Å²) in [6, 6.07) is 0. The van der Waals surface area contributed by atoms with Crippen LogP contribution in [0.5, 0.6) is 0 Å². The lowest BCUT2D eigenvalue weighted by Crippen LogP contribution is -2.36. The van der Waals surface area contributed by atoms with Gasteiger partial charge < -0.3 is 21.3 Å². The molecule has 0 aliphatic heterocycles. The maximum atomic E-state index is 14.0. The molecular formula is C24H41F3N6O8. The third-order valence-electron chi connectivity index (χ3n) is 5.50. The van der Waals surface area contributed by atoms with Gasteiger partial charge in [0.2, 0.25) is 35.4 Å². The highest BCUT2D eigenvalue weighted by atomic mass is 19.1. The summed E-state index contributed by atoms with van der Waals surface area (Å²) in [5.41, 5.74) is 0. The van der Waals surface area contributed by atoms with Crippen LogP contribution in [-0.4, -0.2) is 114 Å². The number of carbonyl (C=O) groups excluding carboxylic acids is 6. The molecule has 0 aliphatic rings. The Bertz CT molecular complexity index is 869. The average Bonchev–Trinajstić information content (AvgIpc) is 2.92. The number of halogens is 3. The Morgan fingerprint density at radius 3 is 1.51 bits per heavy atom. The van der Waals surface area contributed by atoms with Gasteiger partial charge in [-0.05, 0) is 6.42 Å². The van der Waals surface area contributed by atoms with Crippen LogP contribution in [-0.2, 0) is 28.8 Å². The third kappa shape index (κ3) is 21.0. The van der Waals surface area contributed by atoms with Crippen LogP contribution in [0.25, 0.3) is 0 Å². The van der Waals surface area contributed by atoms with Crippen molar-refractivity contribution in [3.8, 4) is 0 Å². The highest BCUT2D eigenvalue weighted by Crippen LogP contribution is 2.03. The smallest absolute Gasteiger partial charge is 0.246 e. The van der Waals surface area contributed by atoms with Crippen LogP contribution >= 0.6 is 0 Å². The predicted octanol–water partition coefficient (Wildman–Crippen LogP) is -0.328. The molecule has 236 valence electrons. The predicted molar refractivity (Wildman–Crippen MR) is 137 cm³/mol. The van der Waals surface area contributed by atoms with Gasteiger partial charge in [-0.3, -0.25) is 39.2 Å². The number of amides is 6. The van der Waals surface area contributed by atoms with Crippen molar-refractivity contribution in [2.45, 2.75) is 77.3 Å². The van der Waals surface area contributed by atoms with E-state index in [0.717, 1.165) is 6.92 Å². The number of hydroxylamine groups is 4. The van der Waals surface area contributed by atoms with E-state index < -0.39 is 60.4 Å². The minimum atomic E-state index is -1.52. The molecule has 3 unspecified atom stereocenters. The average molecular weight is 599 g/mol. The lowest BCUT2D eigenvalue weighted by Gasteiger charge is -2.16. The fraction of sp³-hybridized carbons (Fsp3) is 0.750. The first-order chi connectivity index (χ1) is 19.2. The van der Waals surface area contributed by atoms with E-state index >= 15 is 0 Å². The molecule has 0 fully saturated rings. The zero-order valence-corrected chi connectivity index (χ0v) is 23.3. The van der Waals surface area contributed by atoms with Crippen molar-refractivity contribution in [1.29, 1.82) is 0 Å². The molecule has 0 rings (SSSR count). The summed E-state index contributed by atoms with van der Waals surface area (Å²) in [5, 5.41) is 28.7. The number of nitrogens with zero attached hydrogens (tertiary/aromatic N) is 2. The van der Waals surface area contributed by atoms with Gasteiger partial charge in [0.15, 0.2) is 0 Å². The minimum Gasteiger partial charge on any atom is -0.356 e. The van der Waals surface area contributed by atoms with E-state index in [-0.39, 0.29) is 82.9 Å². The summed E-state index contributed by atoms with van der Waals surface area (Å²) >= 11 is 0. The van der Waals surface area contributed by atoms with E-state index in [1.165, 1.54) is 6.92 Å². The maximum absolute atomic E-state index is 14.0. The topological polar surface area (TPSA) is 197 Å². The monoisotopic (exact) mass is 598 g/mol. The zero-order chi connectivity index (χ0) is 31.4. The quantitative estimate of drug-likeness (QED) is 0.0763.